The number of aryl methyl sites for hydroxylation is 1. The van der Waals surface area contributed by atoms with Gasteiger partial charge in [-0.15, -0.1) is 0 Å². The third-order valence-corrected chi connectivity index (χ3v) is 4.83. The lowest BCUT2D eigenvalue weighted by Gasteiger charge is -2.26. The summed E-state index contributed by atoms with van der Waals surface area (Å²) in [4.78, 5) is 14.6. The highest BCUT2D eigenvalue weighted by molar-refractivity contribution is 7.80. The van der Waals surface area contributed by atoms with Crippen LogP contribution in [0.15, 0.2) is 48.5 Å². The van der Waals surface area contributed by atoms with E-state index in [2.05, 4.69) is 17.6 Å². The number of amides is 1. The summed E-state index contributed by atoms with van der Waals surface area (Å²) < 4.78 is 0. The lowest BCUT2D eigenvalue weighted by Crippen LogP contribution is -2.35. The fourth-order valence-corrected chi connectivity index (χ4v) is 3.28. The summed E-state index contributed by atoms with van der Waals surface area (Å²) in [5.74, 6) is 0.131. The van der Waals surface area contributed by atoms with Gasteiger partial charge in [0.25, 0.3) is 5.91 Å². The maximum absolute atomic E-state index is 12.6. The maximum Gasteiger partial charge on any atom is 0.253 e. The molecule has 2 aromatic carbocycles. The number of nitrogens with zero attached hydrogens (tertiary/aromatic N) is 1. The topological polar surface area (TPSA) is 44.4 Å². The van der Waals surface area contributed by atoms with Gasteiger partial charge in [0.15, 0.2) is 5.11 Å². The number of thiocarbonyl (C=S) groups is 1. The van der Waals surface area contributed by atoms with Crippen LogP contribution in [0.2, 0.25) is 0 Å². The van der Waals surface area contributed by atoms with E-state index < -0.39 is 0 Å². The average molecular weight is 368 g/mol. The normalized spacial score (nSPS) is 14.0. The Labute approximate surface area is 160 Å². The molecule has 1 aliphatic heterocycles. The minimum absolute atomic E-state index is 0.131. The van der Waals surface area contributed by atoms with Crippen molar-refractivity contribution in [3.05, 3.63) is 65.2 Å². The molecule has 1 saturated heterocycles. The van der Waals surface area contributed by atoms with E-state index in [1.807, 2.05) is 53.4 Å². The van der Waals surface area contributed by atoms with Gasteiger partial charge in [-0.2, -0.15) is 0 Å². The third-order valence-electron chi connectivity index (χ3n) is 4.58. The molecule has 1 heterocycles. The summed E-state index contributed by atoms with van der Waals surface area (Å²) in [6.07, 6.45) is 3.43. The Hall–Kier alpha value is -2.40. The second-order valence-electron chi connectivity index (χ2n) is 6.73. The van der Waals surface area contributed by atoms with Crippen LogP contribution < -0.4 is 10.6 Å². The number of likely N-dealkylation sites (tertiary alicyclic amines) is 1. The summed E-state index contributed by atoms with van der Waals surface area (Å²) in [5.41, 5.74) is 3.97. The SMILES string of the molecule is Cc1ccc(NC(=S)NCc2cccc(C(=O)N3CCCCC3)c2)cc1. The van der Waals surface area contributed by atoms with E-state index >= 15 is 0 Å². The van der Waals surface area contributed by atoms with Gasteiger partial charge < -0.3 is 15.5 Å². The molecular formula is C21H25N3OS. The zero-order valence-corrected chi connectivity index (χ0v) is 15.9. The van der Waals surface area contributed by atoms with Gasteiger partial charge in [-0.3, -0.25) is 4.79 Å². The fraction of sp³-hybridized carbons (Fsp3) is 0.333. The van der Waals surface area contributed by atoms with Crippen LogP contribution in [0.25, 0.3) is 0 Å². The third kappa shape index (κ3) is 5.05. The predicted octanol–water partition coefficient (Wildman–Crippen LogP) is 4.11. The van der Waals surface area contributed by atoms with E-state index in [0.717, 1.165) is 42.7 Å². The first-order chi connectivity index (χ1) is 12.6. The van der Waals surface area contributed by atoms with Crippen molar-refractivity contribution >= 4 is 28.9 Å². The van der Waals surface area contributed by atoms with Gasteiger partial charge in [-0.1, -0.05) is 29.8 Å². The lowest BCUT2D eigenvalue weighted by molar-refractivity contribution is 0.0724. The highest BCUT2D eigenvalue weighted by atomic mass is 32.1. The molecule has 4 nitrogen and oxygen atoms in total. The molecule has 0 unspecified atom stereocenters. The first kappa shape index (κ1) is 18.4. The second kappa shape index (κ2) is 8.81. The Morgan fingerprint density at radius 2 is 1.81 bits per heavy atom. The molecule has 0 saturated carbocycles. The zero-order valence-electron chi connectivity index (χ0n) is 15.1. The molecule has 26 heavy (non-hydrogen) atoms. The Kier molecular flexibility index (Phi) is 6.23. The molecule has 1 fully saturated rings. The monoisotopic (exact) mass is 367 g/mol. The molecule has 5 heteroatoms. The molecule has 0 bridgehead atoms. The molecular weight excluding hydrogens is 342 g/mol. The van der Waals surface area contributed by atoms with Crippen molar-refractivity contribution in [3.8, 4) is 0 Å². The van der Waals surface area contributed by atoms with Crippen LogP contribution in [-0.4, -0.2) is 29.0 Å². The van der Waals surface area contributed by atoms with Crippen LogP contribution in [-0.2, 0) is 6.54 Å². The standard InChI is InChI=1S/C21H25N3OS/c1-16-8-10-19(11-9-16)23-21(26)22-15-17-6-5-7-18(14-17)20(25)24-12-3-2-4-13-24/h5-11,14H,2-4,12-13,15H2,1H3,(H2,22,23,26). The first-order valence-electron chi connectivity index (χ1n) is 9.11. The predicted molar refractivity (Wildman–Crippen MR) is 110 cm³/mol. The molecule has 0 aromatic heterocycles. The summed E-state index contributed by atoms with van der Waals surface area (Å²) in [6.45, 7) is 4.37. The Balaban J connectivity index is 1.55. The smallest absolute Gasteiger partial charge is 0.253 e. The van der Waals surface area contributed by atoms with Crippen molar-refractivity contribution in [2.24, 2.45) is 0 Å². The van der Waals surface area contributed by atoms with Crippen LogP contribution >= 0.6 is 12.2 Å². The van der Waals surface area contributed by atoms with Gasteiger partial charge in [-0.05, 0) is 68.2 Å². The number of anilines is 1. The Morgan fingerprint density at radius 3 is 2.54 bits per heavy atom. The first-order valence-corrected chi connectivity index (χ1v) is 9.52. The largest absolute Gasteiger partial charge is 0.358 e. The van der Waals surface area contributed by atoms with Crippen molar-refractivity contribution in [1.29, 1.82) is 0 Å². The fourth-order valence-electron chi connectivity index (χ4n) is 3.09. The van der Waals surface area contributed by atoms with Crippen LogP contribution in [0.5, 0.6) is 0 Å². The molecule has 2 N–H and O–H groups in total. The highest BCUT2D eigenvalue weighted by Gasteiger charge is 2.18. The number of carbonyl (C=O) groups is 1. The van der Waals surface area contributed by atoms with E-state index in [4.69, 9.17) is 12.2 Å². The molecule has 2 aromatic rings. The van der Waals surface area contributed by atoms with Crippen molar-refractivity contribution in [3.63, 3.8) is 0 Å². The van der Waals surface area contributed by atoms with Gasteiger partial charge in [0, 0.05) is 30.9 Å². The second-order valence-corrected chi connectivity index (χ2v) is 7.14. The summed E-state index contributed by atoms with van der Waals surface area (Å²) in [5, 5.41) is 6.95. The number of carbonyl (C=O) groups excluding carboxylic acids is 1. The summed E-state index contributed by atoms with van der Waals surface area (Å²) in [7, 11) is 0. The molecule has 1 amide bonds. The molecule has 0 aliphatic carbocycles. The number of rotatable bonds is 4. The molecule has 3 rings (SSSR count). The van der Waals surface area contributed by atoms with E-state index in [0.29, 0.717) is 11.7 Å². The van der Waals surface area contributed by atoms with E-state index in [1.54, 1.807) is 0 Å². The number of nitrogens with one attached hydrogen (secondary N) is 2. The van der Waals surface area contributed by atoms with Crippen molar-refractivity contribution in [1.82, 2.24) is 10.2 Å². The lowest BCUT2D eigenvalue weighted by atomic mass is 10.1. The molecule has 0 spiro atoms. The molecule has 1 aliphatic rings. The van der Waals surface area contributed by atoms with Crippen LogP contribution in [0.1, 0.15) is 40.7 Å². The summed E-state index contributed by atoms with van der Waals surface area (Å²) >= 11 is 5.36. The highest BCUT2D eigenvalue weighted by Crippen LogP contribution is 2.14. The van der Waals surface area contributed by atoms with E-state index in [-0.39, 0.29) is 5.91 Å². The van der Waals surface area contributed by atoms with Gasteiger partial charge in [0.1, 0.15) is 0 Å². The quantitative estimate of drug-likeness (QED) is 0.799. The molecule has 0 atom stereocenters. The van der Waals surface area contributed by atoms with E-state index in [9.17, 15) is 4.79 Å². The van der Waals surface area contributed by atoms with Gasteiger partial charge in [0.05, 0.1) is 0 Å². The van der Waals surface area contributed by atoms with Gasteiger partial charge >= 0.3 is 0 Å². The molecule has 0 radical (unpaired) electrons. The number of hydrogen-bond acceptors (Lipinski definition) is 2. The van der Waals surface area contributed by atoms with Crippen molar-refractivity contribution in [2.45, 2.75) is 32.7 Å². The van der Waals surface area contributed by atoms with Gasteiger partial charge in [0.2, 0.25) is 0 Å². The average Bonchev–Trinajstić information content (AvgIpc) is 2.68. The Morgan fingerprint density at radius 1 is 1.08 bits per heavy atom. The minimum atomic E-state index is 0.131. The number of piperidine rings is 1. The van der Waals surface area contributed by atoms with Crippen molar-refractivity contribution < 1.29 is 4.79 Å². The summed E-state index contributed by atoms with van der Waals surface area (Å²) in [6, 6.07) is 15.9. The van der Waals surface area contributed by atoms with Crippen molar-refractivity contribution in [2.75, 3.05) is 18.4 Å². The molecule has 136 valence electrons. The minimum Gasteiger partial charge on any atom is -0.358 e. The van der Waals surface area contributed by atoms with Gasteiger partial charge in [-0.25, -0.2) is 0 Å². The number of hydrogen-bond donors (Lipinski definition) is 2. The number of benzene rings is 2. The Bertz CT molecular complexity index is 767. The maximum atomic E-state index is 12.6. The van der Waals surface area contributed by atoms with Crippen LogP contribution in [0.3, 0.4) is 0 Å². The van der Waals surface area contributed by atoms with Crippen LogP contribution in [0, 0.1) is 6.92 Å². The van der Waals surface area contributed by atoms with E-state index in [1.165, 1.54) is 12.0 Å². The van der Waals surface area contributed by atoms with Crippen LogP contribution in [0.4, 0.5) is 5.69 Å². The zero-order chi connectivity index (χ0) is 18.4.